The van der Waals surface area contributed by atoms with Crippen LogP contribution in [0.25, 0.3) is 11.3 Å². The van der Waals surface area contributed by atoms with Gasteiger partial charge in [0.2, 0.25) is 5.91 Å². The molecular weight excluding hydrogens is 338 g/mol. The van der Waals surface area contributed by atoms with E-state index in [1.807, 2.05) is 30.3 Å². The Morgan fingerprint density at radius 3 is 2.72 bits per heavy atom. The zero-order valence-corrected chi connectivity index (χ0v) is 14.2. The Labute approximate surface area is 150 Å². The summed E-state index contributed by atoms with van der Waals surface area (Å²) in [6.07, 6.45) is 5.01. The Hall–Kier alpha value is -2.66. The summed E-state index contributed by atoms with van der Waals surface area (Å²) in [5, 5.41) is 7.79. The highest BCUT2D eigenvalue weighted by molar-refractivity contribution is 6.30. The molecule has 1 fully saturated rings. The van der Waals surface area contributed by atoms with Gasteiger partial charge in [0.05, 0.1) is 11.1 Å². The molecule has 2 aromatic heterocycles. The van der Waals surface area contributed by atoms with Crippen LogP contribution in [0, 0.1) is 0 Å². The number of hydrogen-bond acceptors (Lipinski definition) is 4. The molecule has 0 atom stereocenters. The zero-order chi connectivity index (χ0) is 17.3. The molecule has 0 radical (unpaired) electrons. The molecule has 0 bridgehead atoms. The molecule has 3 aromatic rings. The molecule has 126 valence electrons. The summed E-state index contributed by atoms with van der Waals surface area (Å²) in [7, 11) is 0. The molecule has 1 saturated carbocycles. The lowest BCUT2D eigenvalue weighted by Crippen LogP contribution is -2.34. The molecule has 0 saturated heterocycles. The van der Waals surface area contributed by atoms with Crippen LogP contribution in [0.1, 0.15) is 24.1 Å². The Balaban J connectivity index is 1.49. The highest BCUT2D eigenvalue weighted by atomic mass is 35.5. The first kappa shape index (κ1) is 15.8. The summed E-state index contributed by atoms with van der Waals surface area (Å²) in [4.78, 5) is 16.7. The molecular formula is C19H16ClN3O2. The topological polar surface area (TPSA) is 68.0 Å². The van der Waals surface area contributed by atoms with E-state index >= 15 is 0 Å². The standard InChI is InChI=1S/C19H16ClN3O2/c20-15-5-3-14(4-6-15)16-10-17(23-25-16)19(7-8-19)18(24)22-12-13-2-1-9-21-11-13/h1-6,9-11H,7-8,12H2,(H,22,24). The van der Waals surface area contributed by atoms with Gasteiger partial charge in [0.15, 0.2) is 5.76 Å². The van der Waals surface area contributed by atoms with Crippen molar-refractivity contribution in [2.75, 3.05) is 0 Å². The summed E-state index contributed by atoms with van der Waals surface area (Å²) in [6, 6.07) is 13.0. The molecule has 1 aliphatic rings. The molecule has 5 nitrogen and oxygen atoms in total. The minimum absolute atomic E-state index is 0.0210. The normalized spacial score (nSPS) is 14.9. The molecule has 25 heavy (non-hydrogen) atoms. The lowest BCUT2D eigenvalue weighted by molar-refractivity contribution is -0.123. The van der Waals surface area contributed by atoms with E-state index in [0.717, 1.165) is 24.0 Å². The van der Waals surface area contributed by atoms with Gasteiger partial charge in [-0.25, -0.2) is 0 Å². The van der Waals surface area contributed by atoms with Crippen LogP contribution < -0.4 is 5.32 Å². The van der Waals surface area contributed by atoms with E-state index in [0.29, 0.717) is 23.0 Å². The van der Waals surface area contributed by atoms with Gasteiger partial charge in [0.25, 0.3) is 0 Å². The summed E-state index contributed by atoms with van der Waals surface area (Å²) in [5.74, 6) is 0.616. The number of amides is 1. The number of pyridine rings is 1. The lowest BCUT2D eigenvalue weighted by Gasteiger charge is -2.12. The van der Waals surface area contributed by atoms with Crippen molar-refractivity contribution in [3.63, 3.8) is 0 Å². The first-order chi connectivity index (χ1) is 12.2. The van der Waals surface area contributed by atoms with Crippen molar-refractivity contribution in [2.24, 2.45) is 0 Å². The van der Waals surface area contributed by atoms with E-state index in [-0.39, 0.29) is 5.91 Å². The fraction of sp³-hybridized carbons (Fsp3) is 0.211. The van der Waals surface area contributed by atoms with E-state index in [9.17, 15) is 4.79 Å². The lowest BCUT2D eigenvalue weighted by atomic mass is 10.00. The van der Waals surface area contributed by atoms with Gasteiger partial charge in [-0.05, 0) is 48.7 Å². The number of aromatic nitrogens is 2. The van der Waals surface area contributed by atoms with E-state index in [1.165, 1.54) is 0 Å². The predicted molar refractivity (Wildman–Crippen MR) is 93.9 cm³/mol. The van der Waals surface area contributed by atoms with Gasteiger partial charge in [0.1, 0.15) is 0 Å². The van der Waals surface area contributed by atoms with Gasteiger partial charge in [-0.3, -0.25) is 9.78 Å². The molecule has 1 aliphatic carbocycles. The van der Waals surface area contributed by atoms with Gasteiger partial charge < -0.3 is 9.84 Å². The van der Waals surface area contributed by atoms with Crippen LogP contribution in [-0.2, 0) is 16.8 Å². The largest absolute Gasteiger partial charge is 0.356 e. The number of carbonyl (C=O) groups is 1. The van der Waals surface area contributed by atoms with E-state index < -0.39 is 5.41 Å². The predicted octanol–water partition coefficient (Wildman–Crippen LogP) is 3.74. The molecule has 6 heteroatoms. The maximum Gasteiger partial charge on any atom is 0.232 e. The molecule has 2 heterocycles. The Morgan fingerprint density at radius 2 is 2.04 bits per heavy atom. The van der Waals surface area contributed by atoms with Crippen LogP contribution in [0.4, 0.5) is 0 Å². The maximum absolute atomic E-state index is 12.7. The molecule has 0 aliphatic heterocycles. The number of hydrogen-bond donors (Lipinski definition) is 1. The third kappa shape index (κ3) is 3.15. The van der Waals surface area contributed by atoms with Crippen LogP contribution in [0.2, 0.25) is 5.02 Å². The van der Waals surface area contributed by atoms with Crippen molar-refractivity contribution in [1.82, 2.24) is 15.5 Å². The minimum Gasteiger partial charge on any atom is -0.356 e. The molecule has 0 spiro atoms. The Bertz CT molecular complexity index is 887. The van der Waals surface area contributed by atoms with Gasteiger partial charge in [0, 0.05) is 35.6 Å². The second-order valence-electron chi connectivity index (χ2n) is 6.21. The van der Waals surface area contributed by atoms with E-state index in [4.69, 9.17) is 16.1 Å². The Morgan fingerprint density at radius 1 is 1.24 bits per heavy atom. The van der Waals surface area contributed by atoms with Gasteiger partial charge in [-0.1, -0.05) is 22.8 Å². The summed E-state index contributed by atoms with van der Waals surface area (Å²) in [5.41, 5.74) is 1.96. The fourth-order valence-corrected chi connectivity index (χ4v) is 2.96. The number of rotatable bonds is 5. The van der Waals surface area contributed by atoms with Gasteiger partial charge in [-0.2, -0.15) is 0 Å². The van der Waals surface area contributed by atoms with Crippen LogP contribution >= 0.6 is 11.6 Å². The number of nitrogens with one attached hydrogen (secondary N) is 1. The first-order valence-corrected chi connectivity index (χ1v) is 8.45. The van der Waals surface area contributed by atoms with Crippen molar-refractivity contribution < 1.29 is 9.32 Å². The van der Waals surface area contributed by atoms with E-state index in [2.05, 4.69) is 15.5 Å². The van der Waals surface area contributed by atoms with E-state index in [1.54, 1.807) is 24.5 Å². The van der Waals surface area contributed by atoms with Crippen LogP contribution in [0.15, 0.2) is 59.4 Å². The van der Waals surface area contributed by atoms with Crippen LogP contribution in [-0.4, -0.2) is 16.0 Å². The van der Waals surface area contributed by atoms with Crippen molar-refractivity contribution >= 4 is 17.5 Å². The molecule has 1 amide bonds. The second-order valence-corrected chi connectivity index (χ2v) is 6.65. The minimum atomic E-state index is -0.573. The van der Waals surface area contributed by atoms with Crippen molar-refractivity contribution in [3.05, 3.63) is 71.1 Å². The first-order valence-electron chi connectivity index (χ1n) is 8.08. The quantitative estimate of drug-likeness (QED) is 0.758. The number of nitrogens with zero attached hydrogens (tertiary/aromatic N) is 2. The average molecular weight is 354 g/mol. The highest BCUT2D eigenvalue weighted by Crippen LogP contribution is 2.48. The van der Waals surface area contributed by atoms with Crippen molar-refractivity contribution in [3.8, 4) is 11.3 Å². The molecule has 4 rings (SSSR count). The molecule has 1 aromatic carbocycles. The average Bonchev–Trinajstić information content (AvgIpc) is 3.31. The van der Waals surface area contributed by atoms with Crippen molar-refractivity contribution in [1.29, 1.82) is 0 Å². The third-order valence-electron chi connectivity index (χ3n) is 4.49. The van der Waals surface area contributed by atoms with Gasteiger partial charge >= 0.3 is 0 Å². The summed E-state index contributed by atoms with van der Waals surface area (Å²) >= 11 is 5.91. The zero-order valence-electron chi connectivity index (χ0n) is 13.4. The summed E-state index contributed by atoms with van der Waals surface area (Å²) < 4.78 is 5.45. The maximum atomic E-state index is 12.7. The van der Waals surface area contributed by atoms with Crippen molar-refractivity contribution in [2.45, 2.75) is 24.8 Å². The highest BCUT2D eigenvalue weighted by Gasteiger charge is 2.53. The van der Waals surface area contributed by atoms with Gasteiger partial charge in [-0.15, -0.1) is 0 Å². The van der Waals surface area contributed by atoms with Crippen LogP contribution in [0.5, 0.6) is 0 Å². The second kappa shape index (κ2) is 6.33. The number of carbonyl (C=O) groups excluding carboxylic acids is 1. The smallest absolute Gasteiger partial charge is 0.232 e. The third-order valence-corrected chi connectivity index (χ3v) is 4.74. The molecule has 0 unspecified atom stereocenters. The number of halogens is 1. The van der Waals surface area contributed by atoms with Crippen LogP contribution in [0.3, 0.4) is 0 Å². The monoisotopic (exact) mass is 353 g/mol. The summed E-state index contributed by atoms with van der Waals surface area (Å²) in [6.45, 7) is 0.455. The molecule has 1 N–H and O–H groups in total. The SMILES string of the molecule is O=C(NCc1cccnc1)C1(c2cc(-c3ccc(Cl)cc3)on2)CC1. The fourth-order valence-electron chi connectivity index (χ4n) is 2.83. The number of benzene rings is 1. The Kier molecular flexibility index (Phi) is 4.01.